The van der Waals surface area contributed by atoms with Crippen molar-refractivity contribution in [1.29, 1.82) is 5.26 Å². The molecule has 1 fully saturated rings. The molecule has 0 aliphatic carbocycles. The molecule has 0 spiro atoms. The summed E-state index contributed by atoms with van der Waals surface area (Å²) in [6, 6.07) is 13.1. The summed E-state index contributed by atoms with van der Waals surface area (Å²) in [5, 5.41) is 52.1. The quantitative estimate of drug-likeness (QED) is 0.342. The highest BCUT2D eigenvalue weighted by molar-refractivity contribution is 6.07. The van der Waals surface area contributed by atoms with Crippen molar-refractivity contribution in [2.24, 2.45) is 0 Å². The van der Waals surface area contributed by atoms with Crippen molar-refractivity contribution < 1.29 is 34.7 Å². The lowest BCUT2D eigenvalue weighted by Crippen LogP contribution is -2.64. The second-order valence-corrected chi connectivity index (χ2v) is 8.09. The number of nitriles is 1. The van der Waals surface area contributed by atoms with Gasteiger partial charge in [0, 0.05) is 24.2 Å². The van der Waals surface area contributed by atoms with Crippen molar-refractivity contribution >= 4 is 16.8 Å². The monoisotopic (exact) mass is 467 g/mol. The van der Waals surface area contributed by atoms with Crippen molar-refractivity contribution in [3.8, 4) is 11.8 Å². The van der Waals surface area contributed by atoms with Crippen LogP contribution in [-0.4, -0.2) is 75.3 Å². The van der Waals surface area contributed by atoms with Gasteiger partial charge in [-0.3, -0.25) is 4.79 Å². The molecule has 1 aliphatic heterocycles. The zero-order valence-corrected chi connectivity index (χ0v) is 18.3. The number of hydrogen-bond donors (Lipinski definition) is 5. The van der Waals surface area contributed by atoms with E-state index in [1.165, 1.54) is 0 Å². The first-order chi connectivity index (χ1) is 16.4. The average molecular weight is 467 g/mol. The van der Waals surface area contributed by atoms with Crippen LogP contribution in [0.3, 0.4) is 0 Å². The van der Waals surface area contributed by atoms with E-state index >= 15 is 0 Å². The number of nitrogens with one attached hydrogen (secondary N) is 1. The van der Waals surface area contributed by atoms with E-state index in [2.05, 4.69) is 11.4 Å². The fourth-order valence-electron chi connectivity index (χ4n) is 4.07. The van der Waals surface area contributed by atoms with Crippen molar-refractivity contribution in [2.75, 3.05) is 13.7 Å². The van der Waals surface area contributed by atoms with E-state index in [0.717, 1.165) is 11.1 Å². The molecule has 5 N–H and O–H groups in total. The summed E-state index contributed by atoms with van der Waals surface area (Å²) in [5.74, 6) is 0.0124. The van der Waals surface area contributed by atoms with Gasteiger partial charge in [-0.05, 0) is 29.8 Å². The summed E-state index contributed by atoms with van der Waals surface area (Å²) in [7, 11) is 1.54. The van der Waals surface area contributed by atoms with E-state index in [1.54, 1.807) is 43.6 Å². The molecule has 1 saturated heterocycles. The van der Waals surface area contributed by atoms with Gasteiger partial charge < -0.3 is 39.8 Å². The number of methoxy groups -OCH3 is 1. The van der Waals surface area contributed by atoms with Crippen LogP contribution in [0, 0.1) is 11.3 Å². The summed E-state index contributed by atoms with van der Waals surface area (Å²) >= 11 is 0. The predicted molar refractivity (Wildman–Crippen MR) is 120 cm³/mol. The van der Waals surface area contributed by atoms with Crippen molar-refractivity contribution in [1.82, 2.24) is 9.88 Å². The number of carbonyl (C=O) groups excluding carboxylic acids is 1. The first kappa shape index (κ1) is 23.7. The molecule has 1 amide bonds. The predicted octanol–water partition coefficient (Wildman–Crippen LogP) is 0.0996. The van der Waals surface area contributed by atoms with Crippen LogP contribution in [0.2, 0.25) is 0 Å². The molecule has 0 bridgehead atoms. The zero-order chi connectivity index (χ0) is 24.4. The zero-order valence-electron chi connectivity index (χ0n) is 18.3. The molecule has 10 nitrogen and oxygen atoms in total. The molecule has 4 rings (SSSR count). The Kier molecular flexibility index (Phi) is 6.83. The van der Waals surface area contributed by atoms with Crippen molar-refractivity contribution in [3.05, 3.63) is 65.4 Å². The lowest BCUT2D eigenvalue weighted by Gasteiger charge is -2.40. The normalized spacial score (nSPS) is 24.5. The molecule has 1 aromatic heterocycles. The number of benzene rings is 2. The highest BCUT2D eigenvalue weighted by Gasteiger charge is 2.44. The third kappa shape index (κ3) is 4.48. The van der Waals surface area contributed by atoms with Gasteiger partial charge in [-0.25, -0.2) is 0 Å². The number of hydrogen-bond acceptors (Lipinski definition) is 8. The molecule has 0 radical (unpaired) electrons. The number of carbonyl (C=O) groups is 1. The maximum Gasteiger partial charge on any atom is 0.253 e. The number of aliphatic hydroxyl groups is 4. The first-order valence-corrected chi connectivity index (χ1v) is 10.6. The standard InChI is InChI=1S/C24H25N3O7/c1-33-15-6-7-16-17(23(31)26-20-22(30)21(29)19(12-28)34-24(20)32)11-27(18(16)8-15)10-14-4-2-13(9-25)3-5-14/h2-8,11,19-22,24,28-30,32H,10,12H2,1H3,(H,26,31)/t19-,20-,21-,22?,24?/m1/s1. The van der Waals surface area contributed by atoms with Crippen LogP contribution >= 0.6 is 0 Å². The number of amides is 1. The highest BCUT2D eigenvalue weighted by Crippen LogP contribution is 2.28. The largest absolute Gasteiger partial charge is 0.497 e. The fraction of sp³-hybridized carbons (Fsp3) is 0.333. The maximum absolute atomic E-state index is 13.2. The van der Waals surface area contributed by atoms with Gasteiger partial charge in [0.05, 0.1) is 36.4 Å². The van der Waals surface area contributed by atoms with Gasteiger partial charge in [0.1, 0.15) is 30.1 Å². The molecule has 2 aromatic carbocycles. The topological polar surface area (TPSA) is 157 Å². The van der Waals surface area contributed by atoms with E-state index in [9.17, 15) is 25.2 Å². The summed E-state index contributed by atoms with van der Waals surface area (Å²) in [4.78, 5) is 13.2. The maximum atomic E-state index is 13.2. The van der Waals surface area contributed by atoms with Gasteiger partial charge in [-0.1, -0.05) is 12.1 Å². The Bertz CT molecular complexity index is 1220. The van der Waals surface area contributed by atoms with Gasteiger partial charge in [0.2, 0.25) is 0 Å². The number of fused-ring (bicyclic) bond motifs is 1. The number of aliphatic hydroxyl groups excluding tert-OH is 4. The smallest absolute Gasteiger partial charge is 0.253 e. The molecular weight excluding hydrogens is 442 g/mol. The van der Waals surface area contributed by atoms with E-state index in [-0.39, 0.29) is 5.56 Å². The highest BCUT2D eigenvalue weighted by atomic mass is 16.6. The van der Waals surface area contributed by atoms with Crippen molar-refractivity contribution in [3.63, 3.8) is 0 Å². The van der Waals surface area contributed by atoms with Crippen LogP contribution in [0.4, 0.5) is 0 Å². The van der Waals surface area contributed by atoms with E-state index in [0.29, 0.717) is 23.2 Å². The van der Waals surface area contributed by atoms with Crippen LogP contribution in [0.5, 0.6) is 5.75 Å². The first-order valence-electron chi connectivity index (χ1n) is 10.6. The second-order valence-electron chi connectivity index (χ2n) is 8.09. The molecule has 178 valence electrons. The summed E-state index contributed by atoms with van der Waals surface area (Å²) < 4.78 is 12.3. The molecule has 2 heterocycles. The molecular formula is C24H25N3O7. The Labute approximate surface area is 195 Å². The van der Waals surface area contributed by atoms with Crippen LogP contribution < -0.4 is 10.1 Å². The van der Waals surface area contributed by atoms with Crippen LogP contribution in [0.1, 0.15) is 21.5 Å². The Balaban J connectivity index is 1.65. The minimum atomic E-state index is -1.62. The molecule has 34 heavy (non-hydrogen) atoms. The number of rotatable bonds is 6. The Morgan fingerprint density at radius 2 is 1.91 bits per heavy atom. The van der Waals surface area contributed by atoms with E-state index < -0.39 is 43.2 Å². The molecule has 1 aliphatic rings. The molecule has 0 saturated carbocycles. The minimum Gasteiger partial charge on any atom is -0.497 e. The lowest BCUT2D eigenvalue weighted by atomic mass is 9.96. The molecule has 2 unspecified atom stereocenters. The molecule has 3 aromatic rings. The summed E-state index contributed by atoms with van der Waals surface area (Å²) in [6.45, 7) is -0.183. The van der Waals surface area contributed by atoms with Gasteiger partial charge in [-0.2, -0.15) is 5.26 Å². The van der Waals surface area contributed by atoms with E-state index in [4.69, 9.17) is 14.7 Å². The van der Waals surface area contributed by atoms with Crippen LogP contribution in [0.25, 0.3) is 10.9 Å². The lowest BCUT2D eigenvalue weighted by molar-refractivity contribution is -0.252. The molecule has 5 atom stereocenters. The molecule has 10 heteroatoms. The number of nitrogens with zero attached hydrogens (tertiary/aromatic N) is 2. The Morgan fingerprint density at radius 1 is 1.18 bits per heavy atom. The third-order valence-electron chi connectivity index (χ3n) is 5.97. The Hall–Kier alpha value is -3.46. The van der Waals surface area contributed by atoms with Gasteiger partial charge >= 0.3 is 0 Å². The SMILES string of the molecule is COc1ccc2c(C(=O)N[C@H]3C(O)O[C@H](CO)[C@@H](O)C3O)cn(Cc3ccc(C#N)cc3)c2c1. The summed E-state index contributed by atoms with van der Waals surface area (Å²) in [5.41, 5.74) is 2.45. The van der Waals surface area contributed by atoms with Crippen molar-refractivity contribution in [2.45, 2.75) is 37.2 Å². The fourth-order valence-corrected chi connectivity index (χ4v) is 4.07. The average Bonchev–Trinajstić information content (AvgIpc) is 3.21. The van der Waals surface area contributed by atoms with Gasteiger partial charge in [0.25, 0.3) is 5.91 Å². The van der Waals surface area contributed by atoms with E-state index in [1.807, 2.05) is 16.7 Å². The number of ether oxygens (including phenoxy) is 2. The third-order valence-corrected chi connectivity index (χ3v) is 5.97. The van der Waals surface area contributed by atoms with Crippen LogP contribution in [-0.2, 0) is 11.3 Å². The Morgan fingerprint density at radius 3 is 2.56 bits per heavy atom. The number of aromatic nitrogens is 1. The van der Waals surface area contributed by atoms with Gasteiger partial charge in [-0.15, -0.1) is 0 Å². The van der Waals surface area contributed by atoms with Crippen LogP contribution in [0.15, 0.2) is 48.7 Å². The minimum absolute atomic E-state index is 0.282. The summed E-state index contributed by atoms with van der Waals surface area (Å²) in [6.07, 6.45) is -4.17. The second kappa shape index (κ2) is 9.80. The van der Waals surface area contributed by atoms with Gasteiger partial charge in [0.15, 0.2) is 6.29 Å².